The fourth-order valence-electron chi connectivity index (χ4n) is 4.14. The van der Waals surface area contributed by atoms with E-state index in [2.05, 4.69) is 42.0 Å². The van der Waals surface area contributed by atoms with Crippen LogP contribution >= 0.6 is 39.1 Å². The topological polar surface area (TPSA) is 58.6 Å². The molecule has 0 radical (unpaired) electrons. The summed E-state index contributed by atoms with van der Waals surface area (Å²) >= 11 is 16.3. The van der Waals surface area contributed by atoms with Crippen molar-refractivity contribution in [1.82, 2.24) is 10.2 Å². The number of amides is 2. The van der Waals surface area contributed by atoms with E-state index in [0.29, 0.717) is 21.4 Å². The number of rotatable bonds is 8. The molecule has 1 aliphatic rings. The second kappa shape index (κ2) is 12.0. The van der Waals surface area contributed by atoms with Crippen LogP contribution in [0.3, 0.4) is 0 Å². The van der Waals surface area contributed by atoms with E-state index in [1.807, 2.05) is 18.2 Å². The Kier molecular flexibility index (Phi) is 9.53. The number of nitrogens with zero attached hydrogens (tertiary/aromatic N) is 1. The Hall–Kier alpha value is -1.76. The molecule has 8 heteroatoms. The van der Waals surface area contributed by atoms with Gasteiger partial charge >= 0.3 is 0 Å². The van der Waals surface area contributed by atoms with E-state index in [-0.39, 0.29) is 36.4 Å². The summed E-state index contributed by atoms with van der Waals surface area (Å²) in [5.74, 6) is 0.0381. The maximum absolute atomic E-state index is 13.4. The van der Waals surface area contributed by atoms with Crippen LogP contribution in [0.4, 0.5) is 0 Å². The van der Waals surface area contributed by atoms with Crippen molar-refractivity contribution in [2.75, 3.05) is 6.61 Å². The number of carbonyl (C=O) groups excluding carboxylic acids is 2. The highest BCUT2D eigenvalue weighted by Gasteiger charge is 2.30. The van der Waals surface area contributed by atoms with Gasteiger partial charge in [-0.3, -0.25) is 9.59 Å². The lowest BCUT2D eigenvalue weighted by molar-refractivity contribution is -0.142. The first-order chi connectivity index (χ1) is 16.5. The minimum atomic E-state index is -0.717. The predicted molar refractivity (Wildman–Crippen MR) is 145 cm³/mol. The van der Waals surface area contributed by atoms with Crippen molar-refractivity contribution in [3.63, 3.8) is 0 Å². The maximum Gasteiger partial charge on any atom is 0.261 e. The summed E-state index contributed by atoms with van der Waals surface area (Å²) in [6, 6.07) is 10.5. The lowest BCUT2D eigenvalue weighted by Crippen LogP contribution is -2.50. The van der Waals surface area contributed by atoms with Crippen LogP contribution in [0.1, 0.15) is 64.5 Å². The SMILES string of the molecule is CC(C(=O)NC1CCCC1)N(Cc1c(Cl)cccc1Cl)C(=O)COc1ccc(C(C)(C)C)cc1Br. The summed E-state index contributed by atoms with van der Waals surface area (Å²) in [7, 11) is 0. The van der Waals surface area contributed by atoms with Crippen LogP contribution in [-0.4, -0.2) is 35.4 Å². The molecule has 1 fully saturated rings. The van der Waals surface area contributed by atoms with E-state index in [9.17, 15) is 9.59 Å². The minimum absolute atomic E-state index is 0.00992. The number of hydrogen-bond donors (Lipinski definition) is 1. The zero-order valence-electron chi connectivity index (χ0n) is 20.7. The van der Waals surface area contributed by atoms with Crippen molar-refractivity contribution < 1.29 is 14.3 Å². The Labute approximate surface area is 226 Å². The normalized spacial score (nSPS) is 15.1. The number of ether oxygens (including phenoxy) is 1. The molecule has 1 atom stereocenters. The molecule has 0 bridgehead atoms. The molecule has 1 N–H and O–H groups in total. The molecule has 2 amide bonds. The van der Waals surface area contributed by atoms with E-state index >= 15 is 0 Å². The van der Waals surface area contributed by atoms with E-state index in [1.165, 1.54) is 4.90 Å². The van der Waals surface area contributed by atoms with Gasteiger partial charge in [0.25, 0.3) is 5.91 Å². The van der Waals surface area contributed by atoms with Gasteiger partial charge in [-0.1, -0.05) is 68.9 Å². The van der Waals surface area contributed by atoms with Gasteiger partial charge in [0, 0.05) is 28.2 Å². The Bertz CT molecular complexity index is 1040. The van der Waals surface area contributed by atoms with Crippen LogP contribution in [0.25, 0.3) is 0 Å². The highest BCUT2D eigenvalue weighted by atomic mass is 79.9. The summed E-state index contributed by atoms with van der Waals surface area (Å²) in [5.41, 5.74) is 1.74. The summed E-state index contributed by atoms with van der Waals surface area (Å²) in [5, 5.41) is 3.97. The first-order valence-electron chi connectivity index (χ1n) is 11.9. The first kappa shape index (κ1) is 27.8. The van der Waals surface area contributed by atoms with Gasteiger partial charge < -0.3 is 15.0 Å². The lowest BCUT2D eigenvalue weighted by atomic mass is 9.87. The average Bonchev–Trinajstić information content (AvgIpc) is 3.30. The van der Waals surface area contributed by atoms with Crippen molar-refractivity contribution in [3.8, 4) is 5.75 Å². The van der Waals surface area contributed by atoms with Crippen LogP contribution in [0.5, 0.6) is 5.75 Å². The van der Waals surface area contributed by atoms with E-state index in [0.717, 1.165) is 35.7 Å². The number of carbonyl (C=O) groups is 2. The van der Waals surface area contributed by atoms with E-state index < -0.39 is 6.04 Å². The Balaban J connectivity index is 1.78. The molecular formula is C27H33BrCl2N2O3. The van der Waals surface area contributed by atoms with Gasteiger partial charge in [-0.05, 0) is 70.9 Å². The fraction of sp³-hybridized carbons (Fsp3) is 0.481. The molecule has 5 nitrogen and oxygen atoms in total. The van der Waals surface area contributed by atoms with Gasteiger partial charge in [-0.2, -0.15) is 0 Å². The van der Waals surface area contributed by atoms with Crippen LogP contribution in [0.2, 0.25) is 10.0 Å². The zero-order valence-corrected chi connectivity index (χ0v) is 23.8. The van der Waals surface area contributed by atoms with Gasteiger partial charge in [0.05, 0.1) is 4.47 Å². The number of nitrogens with one attached hydrogen (secondary N) is 1. The maximum atomic E-state index is 13.4. The smallest absolute Gasteiger partial charge is 0.261 e. The third-order valence-corrected chi connectivity index (χ3v) is 7.74. The van der Waals surface area contributed by atoms with Crippen molar-refractivity contribution in [3.05, 3.63) is 62.0 Å². The molecule has 0 heterocycles. The van der Waals surface area contributed by atoms with Crippen LogP contribution in [0, 0.1) is 0 Å². The standard InChI is InChI=1S/C27H33BrCl2N2O3/c1-17(26(34)31-19-8-5-6-9-19)32(15-20-22(29)10-7-11-23(20)30)25(33)16-35-24-13-12-18(14-21(24)28)27(2,3)4/h7,10-14,17,19H,5-6,8-9,15-16H2,1-4H3,(H,31,34). The molecule has 0 spiro atoms. The largest absolute Gasteiger partial charge is 0.483 e. The molecule has 2 aromatic rings. The molecular weight excluding hydrogens is 551 g/mol. The quantitative estimate of drug-likeness (QED) is 0.367. The zero-order chi connectivity index (χ0) is 25.8. The Morgan fingerprint density at radius 3 is 2.34 bits per heavy atom. The van der Waals surface area contributed by atoms with Gasteiger partial charge in [0.2, 0.25) is 5.91 Å². The van der Waals surface area contributed by atoms with Crippen LogP contribution in [0.15, 0.2) is 40.9 Å². The molecule has 3 rings (SSSR count). The fourth-order valence-corrected chi connectivity index (χ4v) is 5.15. The van der Waals surface area contributed by atoms with Crippen molar-refractivity contribution >= 4 is 50.9 Å². The summed E-state index contributed by atoms with van der Waals surface area (Å²) < 4.78 is 6.64. The highest BCUT2D eigenvalue weighted by molar-refractivity contribution is 9.10. The van der Waals surface area contributed by atoms with Gasteiger partial charge in [0.15, 0.2) is 6.61 Å². The van der Waals surface area contributed by atoms with Gasteiger partial charge in [-0.25, -0.2) is 0 Å². The molecule has 35 heavy (non-hydrogen) atoms. The average molecular weight is 584 g/mol. The Morgan fingerprint density at radius 1 is 1.14 bits per heavy atom. The Morgan fingerprint density at radius 2 is 1.77 bits per heavy atom. The van der Waals surface area contributed by atoms with Crippen molar-refractivity contribution in [2.24, 2.45) is 0 Å². The molecule has 1 saturated carbocycles. The third-order valence-electron chi connectivity index (χ3n) is 6.41. The number of hydrogen-bond acceptors (Lipinski definition) is 3. The van der Waals surface area contributed by atoms with E-state index in [1.54, 1.807) is 25.1 Å². The van der Waals surface area contributed by atoms with E-state index in [4.69, 9.17) is 27.9 Å². The molecule has 190 valence electrons. The molecule has 0 saturated heterocycles. The molecule has 0 aromatic heterocycles. The van der Waals surface area contributed by atoms with Crippen molar-refractivity contribution in [1.29, 1.82) is 0 Å². The van der Waals surface area contributed by atoms with Crippen molar-refractivity contribution in [2.45, 2.75) is 77.4 Å². The third kappa shape index (κ3) is 7.37. The lowest BCUT2D eigenvalue weighted by Gasteiger charge is -2.30. The van der Waals surface area contributed by atoms with Gasteiger partial charge in [0.1, 0.15) is 11.8 Å². The summed E-state index contributed by atoms with van der Waals surface area (Å²) in [6.45, 7) is 8.00. The number of benzene rings is 2. The minimum Gasteiger partial charge on any atom is -0.483 e. The second-order valence-corrected chi connectivity index (χ2v) is 11.7. The summed E-state index contributed by atoms with van der Waals surface area (Å²) in [4.78, 5) is 27.9. The molecule has 2 aromatic carbocycles. The molecule has 1 aliphatic carbocycles. The molecule has 1 unspecified atom stereocenters. The van der Waals surface area contributed by atoms with Crippen LogP contribution < -0.4 is 10.1 Å². The first-order valence-corrected chi connectivity index (χ1v) is 13.5. The predicted octanol–water partition coefficient (Wildman–Crippen LogP) is 6.91. The summed E-state index contributed by atoms with van der Waals surface area (Å²) in [6.07, 6.45) is 4.14. The number of halogens is 3. The highest BCUT2D eigenvalue weighted by Crippen LogP contribution is 2.32. The second-order valence-electron chi connectivity index (χ2n) is 10.1. The van der Waals surface area contributed by atoms with Crippen LogP contribution in [-0.2, 0) is 21.5 Å². The van der Waals surface area contributed by atoms with Gasteiger partial charge in [-0.15, -0.1) is 0 Å². The monoisotopic (exact) mass is 582 g/mol. The molecule has 0 aliphatic heterocycles.